The van der Waals surface area contributed by atoms with Crippen LogP contribution in [0.5, 0.6) is 0 Å². The SMILES string of the molecule is CC.CC.CC.CC.O=C(O)Cc1ccc(S(=O)(=O)CCc2ccco2)cc1. The first-order chi connectivity index (χ1) is 13.5. The Labute approximate surface area is 171 Å². The molecule has 0 aliphatic carbocycles. The Bertz CT molecular complexity index is 672. The van der Waals surface area contributed by atoms with Crippen molar-refractivity contribution >= 4 is 15.8 Å². The minimum atomic E-state index is -3.39. The third kappa shape index (κ3) is 13.1. The number of carboxylic acid groups (broad SMARTS) is 1. The zero-order chi connectivity index (χ0) is 22.6. The van der Waals surface area contributed by atoms with Crippen LogP contribution in [0.1, 0.15) is 66.7 Å². The lowest BCUT2D eigenvalue weighted by Gasteiger charge is -2.04. The van der Waals surface area contributed by atoms with Gasteiger partial charge in [0.15, 0.2) is 9.84 Å². The zero-order valence-electron chi connectivity index (χ0n) is 18.7. The number of benzene rings is 1. The minimum absolute atomic E-state index is 0.0429. The van der Waals surface area contributed by atoms with E-state index >= 15 is 0 Å². The van der Waals surface area contributed by atoms with Gasteiger partial charge >= 0.3 is 5.97 Å². The highest BCUT2D eigenvalue weighted by atomic mass is 32.2. The van der Waals surface area contributed by atoms with Gasteiger partial charge in [0.1, 0.15) is 5.76 Å². The summed E-state index contributed by atoms with van der Waals surface area (Å²) < 4.78 is 29.3. The number of hydrogen-bond donors (Lipinski definition) is 1. The Morgan fingerprint density at radius 2 is 1.39 bits per heavy atom. The molecule has 1 aromatic heterocycles. The normalized spacial score (nSPS) is 9.00. The molecule has 0 aliphatic heterocycles. The van der Waals surface area contributed by atoms with Crippen molar-refractivity contribution in [1.82, 2.24) is 0 Å². The summed E-state index contributed by atoms with van der Waals surface area (Å²) in [6.07, 6.45) is 1.70. The van der Waals surface area contributed by atoms with Gasteiger partial charge in [-0.1, -0.05) is 67.5 Å². The molecule has 0 radical (unpaired) electrons. The van der Waals surface area contributed by atoms with Crippen molar-refractivity contribution in [3.63, 3.8) is 0 Å². The molecule has 0 saturated heterocycles. The molecule has 1 aromatic carbocycles. The highest BCUT2D eigenvalue weighted by Gasteiger charge is 2.15. The summed E-state index contributed by atoms with van der Waals surface area (Å²) in [4.78, 5) is 10.7. The average Bonchev–Trinajstić information content (AvgIpc) is 3.26. The first-order valence-corrected chi connectivity index (χ1v) is 11.7. The van der Waals surface area contributed by atoms with E-state index in [1.165, 1.54) is 30.5 Å². The summed E-state index contributed by atoms with van der Waals surface area (Å²) in [7, 11) is -3.39. The molecule has 0 saturated carbocycles. The lowest BCUT2D eigenvalue weighted by atomic mass is 10.2. The van der Waals surface area contributed by atoms with Crippen LogP contribution < -0.4 is 0 Å². The smallest absolute Gasteiger partial charge is 0.307 e. The second-order valence-corrected chi connectivity index (χ2v) is 6.47. The van der Waals surface area contributed by atoms with E-state index in [4.69, 9.17) is 9.52 Å². The molecular weight excluding hydrogens is 376 g/mol. The predicted octanol–water partition coefficient (Wildman–Crippen LogP) is 6.03. The van der Waals surface area contributed by atoms with Gasteiger partial charge in [0, 0.05) is 6.42 Å². The van der Waals surface area contributed by atoms with Crippen molar-refractivity contribution in [3.8, 4) is 0 Å². The molecule has 2 rings (SSSR count). The Kier molecular flexibility index (Phi) is 21.5. The molecule has 6 heteroatoms. The number of aryl methyl sites for hydroxylation is 1. The van der Waals surface area contributed by atoms with Crippen LogP contribution in [0.4, 0.5) is 0 Å². The summed E-state index contributed by atoms with van der Waals surface area (Å²) in [6.45, 7) is 16.0. The van der Waals surface area contributed by atoms with Gasteiger partial charge in [-0.3, -0.25) is 4.79 Å². The van der Waals surface area contributed by atoms with E-state index < -0.39 is 15.8 Å². The van der Waals surface area contributed by atoms with Crippen LogP contribution >= 0.6 is 0 Å². The third-order valence-electron chi connectivity index (χ3n) is 2.84. The summed E-state index contributed by atoms with van der Waals surface area (Å²) in [6, 6.07) is 9.36. The fraction of sp³-hybridized carbons (Fsp3) is 0.500. The molecule has 5 nitrogen and oxygen atoms in total. The standard InChI is InChI=1S/C14H14O5S.4C2H6/c15-14(16)10-11-3-5-13(6-4-11)20(17,18)9-7-12-2-1-8-19-12;4*1-2/h1-6,8H,7,9-10H2,(H,15,16);4*1-2H3. The van der Waals surface area contributed by atoms with Crippen molar-refractivity contribution in [2.24, 2.45) is 0 Å². The first-order valence-electron chi connectivity index (χ1n) is 10.0. The molecule has 2 aromatic rings. The molecule has 162 valence electrons. The van der Waals surface area contributed by atoms with Crippen molar-refractivity contribution in [3.05, 3.63) is 54.0 Å². The van der Waals surface area contributed by atoms with E-state index in [1.54, 1.807) is 12.1 Å². The van der Waals surface area contributed by atoms with E-state index in [0.29, 0.717) is 17.7 Å². The van der Waals surface area contributed by atoms with Gasteiger partial charge in [0.05, 0.1) is 23.3 Å². The van der Waals surface area contributed by atoms with Crippen LogP contribution in [0.3, 0.4) is 0 Å². The molecule has 0 aliphatic rings. The van der Waals surface area contributed by atoms with Gasteiger partial charge in [-0.25, -0.2) is 8.42 Å². The van der Waals surface area contributed by atoms with Gasteiger partial charge in [-0.15, -0.1) is 0 Å². The molecule has 0 fully saturated rings. The van der Waals surface area contributed by atoms with Gasteiger partial charge in [-0.05, 0) is 29.8 Å². The number of carbonyl (C=O) groups is 1. The van der Waals surface area contributed by atoms with Crippen molar-refractivity contribution in [1.29, 1.82) is 0 Å². The second kappa shape index (κ2) is 19.7. The lowest BCUT2D eigenvalue weighted by molar-refractivity contribution is -0.136. The maximum atomic E-state index is 12.1. The van der Waals surface area contributed by atoms with Crippen LogP contribution in [0.15, 0.2) is 52.0 Å². The summed E-state index contributed by atoms with van der Waals surface area (Å²) in [5, 5.41) is 8.66. The molecule has 0 unspecified atom stereocenters. The van der Waals surface area contributed by atoms with Gasteiger partial charge < -0.3 is 9.52 Å². The maximum absolute atomic E-state index is 12.1. The summed E-state index contributed by atoms with van der Waals surface area (Å²) >= 11 is 0. The Balaban J connectivity index is -0.000000695. The number of rotatable bonds is 6. The van der Waals surface area contributed by atoms with E-state index in [9.17, 15) is 13.2 Å². The fourth-order valence-electron chi connectivity index (χ4n) is 1.80. The minimum Gasteiger partial charge on any atom is -0.481 e. The van der Waals surface area contributed by atoms with E-state index in [2.05, 4.69) is 0 Å². The van der Waals surface area contributed by atoms with Crippen LogP contribution in [0.2, 0.25) is 0 Å². The van der Waals surface area contributed by atoms with Crippen molar-refractivity contribution < 1.29 is 22.7 Å². The Morgan fingerprint density at radius 3 is 1.79 bits per heavy atom. The molecule has 1 heterocycles. The van der Waals surface area contributed by atoms with Crippen molar-refractivity contribution in [2.45, 2.75) is 73.1 Å². The number of carboxylic acids is 1. The monoisotopic (exact) mass is 414 g/mol. The number of hydrogen-bond acceptors (Lipinski definition) is 4. The molecule has 28 heavy (non-hydrogen) atoms. The Hall–Kier alpha value is -2.08. The van der Waals surface area contributed by atoms with Gasteiger partial charge in [0.25, 0.3) is 0 Å². The average molecular weight is 415 g/mol. The van der Waals surface area contributed by atoms with E-state index in [-0.39, 0.29) is 17.1 Å². The maximum Gasteiger partial charge on any atom is 0.307 e. The van der Waals surface area contributed by atoms with Gasteiger partial charge in [-0.2, -0.15) is 0 Å². The van der Waals surface area contributed by atoms with Crippen LogP contribution in [0.25, 0.3) is 0 Å². The number of sulfone groups is 1. The quantitative estimate of drug-likeness (QED) is 0.624. The topological polar surface area (TPSA) is 84.6 Å². The Morgan fingerprint density at radius 1 is 0.893 bits per heavy atom. The van der Waals surface area contributed by atoms with Crippen LogP contribution in [-0.2, 0) is 27.5 Å². The summed E-state index contributed by atoms with van der Waals surface area (Å²) in [5.74, 6) is -0.367. The predicted molar refractivity (Wildman–Crippen MR) is 118 cm³/mol. The second-order valence-electron chi connectivity index (χ2n) is 4.36. The molecule has 0 atom stereocenters. The van der Waals surface area contributed by atoms with Crippen LogP contribution in [0, 0.1) is 0 Å². The lowest BCUT2D eigenvalue weighted by Crippen LogP contribution is -2.09. The molecule has 0 bridgehead atoms. The number of aliphatic carboxylic acids is 1. The molecule has 0 spiro atoms. The zero-order valence-corrected chi connectivity index (χ0v) is 19.5. The van der Waals surface area contributed by atoms with E-state index in [0.717, 1.165) is 0 Å². The highest BCUT2D eigenvalue weighted by molar-refractivity contribution is 7.91. The molecule has 0 amide bonds. The van der Waals surface area contributed by atoms with Crippen LogP contribution in [-0.4, -0.2) is 25.2 Å². The third-order valence-corrected chi connectivity index (χ3v) is 4.57. The van der Waals surface area contributed by atoms with E-state index in [1.807, 2.05) is 55.4 Å². The summed E-state index contributed by atoms with van der Waals surface area (Å²) in [5.41, 5.74) is 0.572. The molecular formula is C22H38O5S. The number of furan rings is 1. The van der Waals surface area contributed by atoms with Gasteiger partial charge in [0.2, 0.25) is 0 Å². The van der Waals surface area contributed by atoms with Crippen molar-refractivity contribution in [2.75, 3.05) is 5.75 Å². The first kappa shape index (κ1) is 30.6. The fourth-order valence-corrected chi connectivity index (χ4v) is 3.05. The largest absolute Gasteiger partial charge is 0.481 e. The molecule has 1 N–H and O–H groups in total. The highest BCUT2D eigenvalue weighted by Crippen LogP contribution is 2.15.